The third kappa shape index (κ3) is 2.14. The van der Waals surface area contributed by atoms with Crippen LogP contribution in [0.25, 0.3) is 0 Å². The summed E-state index contributed by atoms with van der Waals surface area (Å²) in [7, 11) is 1.65. The third-order valence-electron chi connectivity index (χ3n) is 5.23. The zero-order valence-electron chi connectivity index (χ0n) is 13.5. The number of fused-ring (bicyclic) bond motifs is 2. The Morgan fingerprint density at radius 2 is 1.96 bits per heavy atom. The SMILES string of the molecule is COc1ccc(CN2C(=O)C3(CCC3)c3cc(N)cc(Br)c32)cc1. The minimum absolute atomic E-state index is 0.200. The van der Waals surface area contributed by atoms with Crippen LogP contribution in [-0.2, 0) is 16.8 Å². The number of rotatable bonds is 3. The van der Waals surface area contributed by atoms with E-state index in [0.29, 0.717) is 12.2 Å². The molecule has 4 nitrogen and oxygen atoms in total. The lowest BCUT2D eigenvalue weighted by Gasteiger charge is -2.37. The third-order valence-corrected chi connectivity index (χ3v) is 5.84. The Hall–Kier alpha value is -2.01. The van der Waals surface area contributed by atoms with Crippen LogP contribution < -0.4 is 15.4 Å². The number of nitrogen functional groups attached to an aromatic ring is 1. The van der Waals surface area contributed by atoms with Crippen LogP contribution in [0.5, 0.6) is 5.75 Å². The highest BCUT2D eigenvalue weighted by molar-refractivity contribution is 9.10. The van der Waals surface area contributed by atoms with E-state index in [1.165, 1.54) is 0 Å². The summed E-state index contributed by atoms with van der Waals surface area (Å²) >= 11 is 3.61. The van der Waals surface area contributed by atoms with E-state index in [1.807, 2.05) is 41.3 Å². The van der Waals surface area contributed by atoms with E-state index in [2.05, 4.69) is 15.9 Å². The molecule has 24 heavy (non-hydrogen) atoms. The summed E-state index contributed by atoms with van der Waals surface area (Å²) in [5.41, 5.74) is 9.51. The topological polar surface area (TPSA) is 55.6 Å². The number of carbonyl (C=O) groups excluding carboxylic acids is 1. The maximum atomic E-state index is 13.2. The zero-order valence-corrected chi connectivity index (χ0v) is 15.1. The number of ether oxygens (including phenoxy) is 1. The van der Waals surface area contributed by atoms with Crippen molar-refractivity contribution in [3.63, 3.8) is 0 Å². The number of anilines is 2. The van der Waals surface area contributed by atoms with Gasteiger partial charge in [-0.15, -0.1) is 0 Å². The molecule has 1 heterocycles. The van der Waals surface area contributed by atoms with Crippen molar-refractivity contribution in [3.05, 3.63) is 52.0 Å². The highest BCUT2D eigenvalue weighted by Gasteiger charge is 2.55. The molecule has 0 atom stereocenters. The van der Waals surface area contributed by atoms with Gasteiger partial charge in [-0.3, -0.25) is 4.79 Å². The van der Waals surface area contributed by atoms with Crippen molar-refractivity contribution in [1.29, 1.82) is 0 Å². The molecule has 1 aliphatic carbocycles. The van der Waals surface area contributed by atoms with Gasteiger partial charge < -0.3 is 15.4 Å². The van der Waals surface area contributed by atoms with Crippen LogP contribution in [-0.4, -0.2) is 13.0 Å². The van der Waals surface area contributed by atoms with Crippen LogP contribution in [0, 0.1) is 0 Å². The molecule has 1 fully saturated rings. The minimum atomic E-state index is -0.361. The molecule has 1 amide bonds. The first-order valence-electron chi connectivity index (χ1n) is 8.09. The summed E-state index contributed by atoms with van der Waals surface area (Å²) in [5, 5.41) is 0. The van der Waals surface area contributed by atoms with E-state index < -0.39 is 0 Å². The predicted octanol–water partition coefficient (Wildman–Crippen LogP) is 4.01. The molecule has 2 N–H and O–H groups in total. The fourth-order valence-corrected chi connectivity index (χ4v) is 4.50. The maximum Gasteiger partial charge on any atom is 0.238 e. The summed E-state index contributed by atoms with van der Waals surface area (Å²) in [4.78, 5) is 15.1. The van der Waals surface area contributed by atoms with E-state index in [1.54, 1.807) is 7.11 Å². The largest absolute Gasteiger partial charge is 0.497 e. The number of carbonyl (C=O) groups is 1. The average Bonchev–Trinajstić information content (AvgIpc) is 2.77. The average molecular weight is 387 g/mol. The van der Waals surface area contributed by atoms with Crippen LogP contribution in [0.2, 0.25) is 0 Å². The van der Waals surface area contributed by atoms with Crippen LogP contribution in [0.4, 0.5) is 11.4 Å². The fraction of sp³-hybridized carbons (Fsp3) is 0.316. The van der Waals surface area contributed by atoms with Crippen LogP contribution >= 0.6 is 15.9 Å². The van der Waals surface area contributed by atoms with Crippen molar-refractivity contribution in [3.8, 4) is 5.75 Å². The van der Waals surface area contributed by atoms with E-state index in [9.17, 15) is 4.79 Å². The second-order valence-electron chi connectivity index (χ2n) is 6.57. The Morgan fingerprint density at radius 1 is 1.25 bits per heavy atom. The first-order valence-corrected chi connectivity index (χ1v) is 8.89. The van der Waals surface area contributed by atoms with Gasteiger partial charge in [-0.1, -0.05) is 18.6 Å². The number of hydrogen-bond acceptors (Lipinski definition) is 3. The van der Waals surface area contributed by atoms with Gasteiger partial charge in [0.05, 0.1) is 24.8 Å². The first kappa shape index (κ1) is 15.5. The van der Waals surface area contributed by atoms with E-state index in [4.69, 9.17) is 10.5 Å². The Bertz CT molecular complexity index is 813. The zero-order chi connectivity index (χ0) is 16.9. The van der Waals surface area contributed by atoms with Crippen molar-refractivity contribution in [1.82, 2.24) is 0 Å². The monoisotopic (exact) mass is 386 g/mol. The minimum Gasteiger partial charge on any atom is -0.497 e. The predicted molar refractivity (Wildman–Crippen MR) is 98.3 cm³/mol. The van der Waals surface area contributed by atoms with Gasteiger partial charge in [-0.05, 0) is 64.2 Å². The molecule has 2 aliphatic rings. The highest BCUT2D eigenvalue weighted by atomic mass is 79.9. The lowest BCUT2D eigenvalue weighted by molar-refractivity contribution is -0.126. The molecule has 0 aromatic heterocycles. The Morgan fingerprint density at radius 3 is 2.54 bits per heavy atom. The summed E-state index contributed by atoms with van der Waals surface area (Å²) in [6.45, 7) is 0.556. The van der Waals surface area contributed by atoms with E-state index >= 15 is 0 Å². The summed E-state index contributed by atoms with van der Waals surface area (Å²) in [6, 6.07) is 11.7. The lowest BCUT2D eigenvalue weighted by Crippen LogP contribution is -2.44. The summed E-state index contributed by atoms with van der Waals surface area (Å²) in [5.74, 6) is 1.02. The normalized spacial score (nSPS) is 17.8. The van der Waals surface area contributed by atoms with Crippen LogP contribution in [0.1, 0.15) is 30.4 Å². The fourth-order valence-electron chi connectivity index (χ4n) is 3.81. The van der Waals surface area contributed by atoms with Gasteiger partial charge in [0.2, 0.25) is 5.91 Å². The van der Waals surface area contributed by atoms with Gasteiger partial charge in [-0.2, -0.15) is 0 Å². The van der Waals surface area contributed by atoms with Gasteiger partial charge in [-0.25, -0.2) is 0 Å². The quantitative estimate of drug-likeness (QED) is 0.810. The molecule has 2 aromatic carbocycles. The van der Waals surface area contributed by atoms with Gasteiger partial charge >= 0.3 is 0 Å². The van der Waals surface area contributed by atoms with Crippen molar-refractivity contribution in [2.24, 2.45) is 0 Å². The number of hydrogen-bond donors (Lipinski definition) is 1. The van der Waals surface area contributed by atoms with Crippen LogP contribution in [0.15, 0.2) is 40.9 Å². The van der Waals surface area contributed by atoms with Gasteiger partial charge in [0.15, 0.2) is 0 Å². The Kier molecular flexibility index (Phi) is 3.57. The molecule has 0 saturated heterocycles. The molecule has 5 heteroatoms. The Balaban J connectivity index is 1.75. The number of amides is 1. The van der Waals surface area contributed by atoms with Crippen molar-refractivity contribution < 1.29 is 9.53 Å². The van der Waals surface area contributed by atoms with Gasteiger partial charge in [0.1, 0.15) is 5.75 Å². The number of halogens is 1. The van der Waals surface area contributed by atoms with Crippen molar-refractivity contribution in [2.75, 3.05) is 17.7 Å². The Labute approximate surface area is 149 Å². The van der Waals surface area contributed by atoms with Crippen LogP contribution in [0.3, 0.4) is 0 Å². The molecule has 0 radical (unpaired) electrons. The molecule has 2 aromatic rings. The second kappa shape index (κ2) is 5.52. The number of nitrogens with zero attached hydrogens (tertiary/aromatic N) is 1. The summed E-state index contributed by atoms with van der Waals surface area (Å²) < 4.78 is 6.10. The molecule has 0 unspecified atom stereocenters. The highest BCUT2D eigenvalue weighted by Crippen LogP contribution is 2.56. The smallest absolute Gasteiger partial charge is 0.238 e. The maximum absolute atomic E-state index is 13.2. The van der Waals surface area contributed by atoms with Crippen molar-refractivity contribution in [2.45, 2.75) is 31.2 Å². The molecular weight excluding hydrogens is 368 g/mol. The van der Waals surface area contributed by atoms with E-state index in [-0.39, 0.29) is 11.3 Å². The summed E-state index contributed by atoms with van der Waals surface area (Å²) in [6.07, 6.45) is 2.91. The standard InChI is InChI=1S/C19H19BrN2O2/c1-24-14-5-3-12(4-6-14)11-22-17-15(9-13(21)10-16(17)20)19(18(22)23)7-2-8-19/h3-6,9-10H,2,7-8,11,21H2,1H3. The lowest BCUT2D eigenvalue weighted by atomic mass is 9.65. The number of benzene rings is 2. The molecule has 4 rings (SSSR count). The first-order chi connectivity index (χ1) is 11.5. The number of nitrogens with two attached hydrogens (primary N) is 1. The van der Waals surface area contributed by atoms with Gasteiger partial charge in [0, 0.05) is 10.2 Å². The molecule has 0 bridgehead atoms. The molecule has 1 saturated carbocycles. The molecular formula is C19H19BrN2O2. The van der Waals surface area contributed by atoms with Crippen molar-refractivity contribution >= 4 is 33.2 Å². The number of methoxy groups -OCH3 is 1. The molecule has 124 valence electrons. The molecule has 1 aliphatic heterocycles. The van der Waals surface area contributed by atoms with E-state index in [0.717, 1.165) is 46.3 Å². The second-order valence-corrected chi connectivity index (χ2v) is 7.43. The van der Waals surface area contributed by atoms with Gasteiger partial charge in [0.25, 0.3) is 0 Å². The molecule has 1 spiro atoms.